The number of halogens is 1. The van der Waals surface area contributed by atoms with Gasteiger partial charge < -0.3 is 19.2 Å². The lowest BCUT2D eigenvalue weighted by molar-refractivity contribution is 0.0602. The number of aryl methyl sites for hydroxylation is 1. The summed E-state index contributed by atoms with van der Waals surface area (Å²) >= 11 is 0. The fourth-order valence-electron chi connectivity index (χ4n) is 4.57. The number of aromatic nitrogens is 4. The maximum atomic E-state index is 15.4. The molecule has 0 saturated heterocycles. The Morgan fingerprint density at radius 3 is 2.63 bits per heavy atom. The summed E-state index contributed by atoms with van der Waals surface area (Å²) < 4.78 is 22.1. The number of imidazole rings is 1. The van der Waals surface area contributed by atoms with Crippen molar-refractivity contribution in [2.75, 3.05) is 21.2 Å². The number of carbonyl (C=O) groups is 3. The lowest BCUT2D eigenvalue weighted by Crippen LogP contribution is -2.24. The van der Waals surface area contributed by atoms with Crippen molar-refractivity contribution in [1.29, 1.82) is 0 Å². The van der Waals surface area contributed by atoms with Gasteiger partial charge in [-0.25, -0.2) is 14.2 Å². The molecule has 0 fully saturated rings. The van der Waals surface area contributed by atoms with Crippen molar-refractivity contribution in [3.8, 4) is 0 Å². The number of pyridine rings is 1. The highest BCUT2D eigenvalue weighted by Crippen LogP contribution is 2.30. The second kappa shape index (κ2) is 9.55. The van der Waals surface area contributed by atoms with Crippen LogP contribution in [0.1, 0.15) is 48.2 Å². The quantitative estimate of drug-likeness (QED) is 0.270. The van der Waals surface area contributed by atoms with E-state index in [2.05, 4.69) is 15.0 Å². The van der Waals surface area contributed by atoms with E-state index in [1.165, 1.54) is 24.1 Å². The Hall–Kier alpha value is -4.86. The molecule has 2 aromatic carbocycles. The number of ether oxygens (including phenoxy) is 1. The van der Waals surface area contributed by atoms with Gasteiger partial charge in [0.05, 0.1) is 36.5 Å². The number of nitrogens with one attached hydrogen (secondary N) is 1. The third-order valence-electron chi connectivity index (χ3n) is 6.46. The number of benzene rings is 2. The van der Waals surface area contributed by atoms with Crippen LogP contribution in [-0.4, -0.2) is 63.3 Å². The van der Waals surface area contributed by atoms with Crippen LogP contribution in [0.4, 0.5) is 4.39 Å². The molecule has 0 spiro atoms. The van der Waals surface area contributed by atoms with Crippen LogP contribution in [0.15, 0.2) is 54.9 Å². The molecule has 0 saturated carbocycles. The summed E-state index contributed by atoms with van der Waals surface area (Å²) in [6.45, 7) is 2.03. The van der Waals surface area contributed by atoms with Gasteiger partial charge in [0.15, 0.2) is 5.78 Å². The van der Waals surface area contributed by atoms with Crippen LogP contribution in [0.2, 0.25) is 0 Å². The molecule has 0 radical (unpaired) electrons. The molecule has 10 heteroatoms. The number of H-pyrrole nitrogens is 1. The Morgan fingerprint density at radius 2 is 1.92 bits per heavy atom. The van der Waals surface area contributed by atoms with E-state index in [9.17, 15) is 14.4 Å². The van der Waals surface area contributed by atoms with E-state index in [0.717, 1.165) is 11.6 Å². The van der Waals surface area contributed by atoms with Gasteiger partial charge in [-0.1, -0.05) is 18.2 Å². The first-order chi connectivity index (χ1) is 18.2. The Morgan fingerprint density at radius 1 is 1.13 bits per heavy atom. The molecule has 1 amide bonds. The van der Waals surface area contributed by atoms with Crippen LogP contribution in [0.5, 0.6) is 0 Å². The Balaban J connectivity index is 1.60. The maximum Gasteiger partial charge on any atom is 0.338 e. The van der Waals surface area contributed by atoms with Gasteiger partial charge >= 0.3 is 5.97 Å². The molecule has 0 atom stereocenters. The van der Waals surface area contributed by atoms with Crippen molar-refractivity contribution in [2.24, 2.45) is 0 Å². The minimum atomic E-state index is -0.660. The normalized spacial score (nSPS) is 11.2. The largest absolute Gasteiger partial charge is 0.465 e. The molecule has 5 rings (SSSR count). The summed E-state index contributed by atoms with van der Waals surface area (Å²) in [6.07, 6.45) is 3.29. The van der Waals surface area contributed by atoms with E-state index in [1.54, 1.807) is 44.7 Å². The Labute approximate surface area is 216 Å². The Kier molecular flexibility index (Phi) is 6.23. The zero-order valence-electron chi connectivity index (χ0n) is 21.2. The molecule has 0 aliphatic heterocycles. The summed E-state index contributed by atoms with van der Waals surface area (Å²) in [4.78, 5) is 52.1. The van der Waals surface area contributed by atoms with Crippen LogP contribution in [-0.2, 0) is 11.3 Å². The van der Waals surface area contributed by atoms with E-state index in [0.29, 0.717) is 22.4 Å². The predicted molar refractivity (Wildman–Crippen MR) is 139 cm³/mol. The number of esters is 1. The summed E-state index contributed by atoms with van der Waals surface area (Å²) in [5.74, 6) is -1.60. The first-order valence-corrected chi connectivity index (χ1v) is 11.8. The van der Waals surface area contributed by atoms with Gasteiger partial charge in [-0.2, -0.15) is 0 Å². The van der Waals surface area contributed by atoms with E-state index < -0.39 is 23.5 Å². The second-order valence-electron chi connectivity index (χ2n) is 9.04. The van der Waals surface area contributed by atoms with Crippen LogP contribution in [0, 0.1) is 12.7 Å². The van der Waals surface area contributed by atoms with Crippen molar-refractivity contribution < 1.29 is 23.5 Å². The zero-order chi connectivity index (χ0) is 27.1. The van der Waals surface area contributed by atoms with Crippen molar-refractivity contribution in [3.05, 3.63) is 94.4 Å². The number of nitrogens with zero attached hydrogens (tertiary/aromatic N) is 4. The molecular weight excluding hydrogens is 489 g/mol. The molecular formula is C28H24FN5O4. The van der Waals surface area contributed by atoms with Gasteiger partial charge in [0.25, 0.3) is 5.91 Å². The van der Waals surface area contributed by atoms with Crippen molar-refractivity contribution in [1.82, 2.24) is 24.4 Å². The van der Waals surface area contributed by atoms with Gasteiger partial charge in [0.2, 0.25) is 0 Å². The summed E-state index contributed by atoms with van der Waals surface area (Å²) in [5, 5.41) is 0.244. The molecule has 0 aliphatic carbocycles. The molecule has 5 aromatic rings. The molecule has 0 bridgehead atoms. The number of ketones is 1. The molecule has 9 nitrogen and oxygen atoms in total. The van der Waals surface area contributed by atoms with Gasteiger partial charge in [-0.15, -0.1) is 0 Å². The number of aromatic amines is 1. The minimum Gasteiger partial charge on any atom is -0.465 e. The zero-order valence-corrected chi connectivity index (χ0v) is 21.2. The van der Waals surface area contributed by atoms with Gasteiger partial charge in [0.1, 0.15) is 22.9 Å². The topological polar surface area (TPSA) is 110 Å². The van der Waals surface area contributed by atoms with Crippen LogP contribution >= 0.6 is 0 Å². The van der Waals surface area contributed by atoms with Gasteiger partial charge in [0, 0.05) is 42.3 Å². The average Bonchev–Trinajstić information content (AvgIpc) is 3.45. The lowest BCUT2D eigenvalue weighted by Gasteiger charge is -2.12. The molecule has 1 N–H and O–H groups in total. The SMILES string of the molecule is COC(=O)c1cccc2[nH]c(C(=O)N(C)C)c(C(=O)c3ccc(Cn4c(C)nc5cnccc54)c(F)c3)c12. The third kappa shape index (κ3) is 4.09. The van der Waals surface area contributed by atoms with Crippen molar-refractivity contribution in [2.45, 2.75) is 13.5 Å². The average molecular weight is 514 g/mol. The predicted octanol–water partition coefficient (Wildman–Crippen LogP) is 4.13. The number of fused-ring (bicyclic) bond motifs is 2. The molecule has 38 heavy (non-hydrogen) atoms. The van der Waals surface area contributed by atoms with E-state index in [-0.39, 0.29) is 34.3 Å². The van der Waals surface area contributed by atoms with Gasteiger partial charge in [-0.05, 0) is 31.2 Å². The molecule has 3 aromatic heterocycles. The third-order valence-corrected chi connectivity index (χ3v) is 6.46. The maximum absolute atomic E-state index is 15.4. The van der Waals surface area contributed by atoms with E-state index in [1.807, 2.05) is 17.6 Å². The second-order valence-corrected chi connectivity index (χ2v) is 9.04. The number of hydrogen-bond acceptors (Lipinski definition) is 6. The van der Waals surface area contributed by atoms with Crippen molar-refractivity contribution >= 4 is 39.6 Å². The number of hydrogen-bond donors (Lipinski definition) is 1. The summed E-state index contributed by atoms with van der Waals surface area (Å²) in [6, 6.07) is 10.8. The molecule has 0 unspecified atom stereocenters. The highest BCUT2D eigenvalue weighted by atomic mass is 19.1. The van der Waals surface area contributed by atoms with E-state index >= 15 is 4.39 Å². The van der Waals surface area contributed by atoms with Crippen molar-refractivity contribution in [3.63, 3.8) is 0 Å². The summed E-state index contributed by atoms with van der Waals surface area (Å²) in [5.41, 5.74) is 2.44. The lowest BCUT2D eigenvalue weighted by atomic mass is 9.96. The number of rotatable bonds is 6. The number of methoxy groups -OCH3 is 1. The number of carbonyl (C=O) groups excluding carboxylic acids is 3. The van der Waals surface area contributed by atoms with Crippen LogP contribution in [0.25, 0.3) is 21.9 Å². The highest BCUT2D eigenvalue weighted by molar-refractivity contribution is 6.24. The fourth-order valence-corrected chi connectivity index (χ4v) is 4.57. The first-order valence-electron chi connectivity index (χ1n) is 11.8. The number of amides is 1. The minimum absolute atomic E-state index is 0.00459. The monoisotopic (exact) mass is 513 g/mol. The summed E-state index contributed by atoms with van der Waals surface area (Å²) in [7, 11) is 4.34. The molecule has 192 valence electrons. The highest BCUT2D eigenvalue weighted by Gasteiger charge is 2.29. The van der Waals surface area contributed by atoms with E-state index in [4.69, 9.17) is 4.74 Å². The fraction of sp³-hybridized carbons (Fsp3) is 0.179. The van der Waals surface area contributed by atoms with Gasteiger partial charge in [-0.3, -0.25) is 14.6 Å². The molecule has 0 aliphatic rings. The van der Waals surface area contributed by atoms with Crippen LogP contribution < -0.4 is 0 Å². The van der Waals surface area contributed by atoms with Crippen LogP contribution in [0.3, 0.4) is 0 Å². The first kappa shape index (κ1) is 24.8. The molecule has 3 heterocycles. The standard InChI is InChI=1S/C28H24FN5O4/c1-15-31-21-13-30-11-10-22(21)34(15)14-17-9-8-16(12-19(17)29)26(35)24-23-18(28(37)38-4)6-5-7-20(23)32-25(24)27(36)33(2)3/h5-13,32H,14H2,1-4H3. The Bertz CT molecular complexity index is 1750. The smallest absolute Gasteiger partial charge is 0.338 e.